The van der Waals surface area contributed by atoms with Gasteiger partial charge in [-0.25, -0.2) is 0 Å². The summed E-state index contributed by atoms with van der Waals surface area (Å²) in [5, 5.41) is 0. The Balaban J connectivity index is 1.76. The number of hydrogen-bond acceptors (Lipinski definition) is 2. The molecule has 0 aliphatic heterocycles. The van der Waals surface area contributed by atoms with Gasteiger partial charge in [-0.2, -0.15) is 0 Å². The van der Waals surface area contributed by atoms with Crippen LogP contribution in [0.4, 0.5) is 0 Å². The first kappa shape index (κ1) is 17.2. The van der Waals surface area contributed by atoms with Crippen LogP contribution < -0.4 is 0 Å². The Kier molecular flexibility index (Phi) is 4.09. The average Bonchev–Trinajstić information content (AvgIpc) is 2.88. The van der Waals surface area contributed by atoms with E-state index >= 15 is 0 Å². The molecule has 6 atom stereocenters. The highest BCUT2D eigenvalue weighted by Gasteiger charge is 2.58. The summed E-state index contributed by atoms with van der Waals surface area (Å²) in [6.45, 7) is 8.81. The Labute approximate surface area is 152 Å². The molecule has 4 aliphatic rings. The minimum absolute atomic E-state index is 0.187. The molecule has 136 valence electrons. The summed E-state index contributed by atoms with van der Waals surface area (Å²) in [7, 11) is 0. The van der Waals surface area contributed by atoms with Crippen molar-refractivity contribution >= 4 is 11.6 Å². The Bertz CT molecular complexity index is 682. The molecule has 0 aromatic carbocycles. The van der Waals surface area contributed by atoms with E-state index in [2.05, 4.69) is 20.8 Å². The summed E-state index contributed by atoms with van der Waals surface area (Å²) < 4.78 is 0. The third-order valence-electron chi connectivity index (χ3n) is 8.23. The Morgan fingerprint density at radius 3 is 2.68 bits per heavy atom. The molecule has 2 nitrogen and oxygen atoms in total. The molecule has 2 heteroatoms. The van der Waals surface area contributed by atoms with Crippen LogP contribution in [0.25, 0.3) is 0 Å². The highest BCUT2D eigenvalue weighted by atomic mass is 16.1. The minimum atomic E-state index is 0.187. The van der Waals surface area contributed by atoms with Gasteiger partial charge in [-0.15, -0.1) is 0 Å². The monoisotopic (exact) mass is 340 g/mol. The highest BCUT2D eigenvalue weighted by Crippen LogP contribution is 2.64. The molecule has 0 amide bonds. The highest BCUT2D eigenvalue weighted by molar-refractivity contribution is 5.93. The number of rotatable bonds is 2. The average molecular weight is 341 g/mol. The second-order valence-corrected chi connectivity index (χ2v) is 9.42. The van der Waals surface area contributed by atoms with E-state index in [9.17, 15) is 9.59 Å². The van der Waals surface area contributed by atoms with E-state index in [4.69, 9.17) is 0 Å². The molecule has 0 saturated heterocycles. The van der Waals surface area contributed by atoms with E-state index in [1.807, 2.05) is 13.0 Å². The summed E-state index contributed by atoms with van der Waals surface area (Å²) in [6.07, 6.45) is 9.43. The molecule has 0 aromatic heterocycles. The molecule has 2 fully saturated rings. The molecule has 0 N–H and O–H groups in total. The van der Waals surface area contributed by atoms with Crippen LogP contribution in [0.3, 0.4) is 0 Å². The molecule has 2 saturated carbocycles. The maximum absolute atomic E-state index is 12.5. The van der Waals surface area contributed by atoms with Crippen molar-refractivity contribution in [3.63, 3.8) is 0 Å². The summed E-state index contributed by atoms with van der Waals surface area (Å²) in [4.78, 5) is 24.4. The maximum Gasteiger partial charge on any atom is 0.156 e. The smallest absolute Gasteiger partial charge is 0.156 e. The number of carbonyl (C=O) groups is 2. The topological polar surface area (TPSA) is 34.1 Å². The van der Waals surface area contributed by atoms with Gasteiger partial charge in [0.05, 0.1) is 0 Å². The van der Waals surface area contributed by atoms with Crippen LogP contribution in [-0.2, 0) is 9.59 Å². The third-order valence-corrected chi connectivity index (χ3v) is 8.23. The molecule has 0 aromatic rings. The lowest BCUT2D eigenvalue weighted by Gasteiger charge is -2.50. The van der Waals surface area contributed by atoms with E-state index in [-0.39, 0.29) is 11.3 Å². The quantitative estimate of drug-likeness (QED) is 0.685. The molecule has 0 bridgehead atoms. The lowest BCUT2D eigenvalue weighted by Crippen LogP contribution is -2.43. The number of allylic oxidation sites excluding steroid dienone is 4. The lowest BCUT2D eigenvalue weighted by molar-refractivity contribution is -0.126. The van der Waals surface area contributed by atoms with Crippen molar-refractivity contribution in [1.29, 1.82) is 0 Å². The predicted molar refractivity (Wildman–Crippen MR) is 100 cm³/mol. The van der Waals surface area contributed by atoms with E-state index in [1.165, 1.54) is 24.0 Å². The molecule has 0 radical (unpaired) electrons. The second kappa shape index (κ2) is 5.93. The standard InChI is InChI=1S/C23H32O2/c1-5-15-11-21-20-10-13(2)19-12-16(25)6-7-17(19)18(20)8-9-23(21,4)22(15)14(3)24/h12-13,15,20-22H,5-11H2,1-4H3/t13-,15+,20+,21-,22-,23-/m0/s1. The zero-order valence-corrected chi connectivity index (χ0v) is 16.2. The first-order valence-electron chi connectivity index (χ1n) is 10.3. The Morgan fingerprint density at radius 2 is 2.00 bits per heavy atom. The van der Waals surface area contributed by atoms with E-state index < -0.39 is 0 Å². The number of ketones is 2. The predicted octanol–water partition coefficient (Wildman–Crippen LogP) is 5.28. The number of carbonyl (C=O) groups excluding carboxylic acids is 2. The zero-order chi connectivity index (χ0) is 17.9. The van der Waals surface area contributed by atoms with Gasteiger partial charge in [-0.3, -0.25) is 9.59 Å². The van der Waals surface area contributed by atoms with Crippen molar-refractivity contribution in [3.05, 3.63) is 22.8 Å². The normalized spacial score (nSPS) is 43.3. The van der Waals surface area contributed by atoms with Crippen molar-refractivity contribution in [1.82, 2.24) is 0 Å². The molecule has 25 heavy (non-hydrogen) atoms. The Morgan fingerprint density at radius 1 is 1.24 bits per heavy atom. The molecule has 4 rings (SSSR count). The molecular weight excluding hydrogens is 308 g/mol. The fraction of sp³-hybridized carbons (Fsp3) is 0.739. The molecular formula is C23H32O2. The summed E-state index contributed by atoms with van der Waals surface area (Å²) in [6, 6.07) is 0. The third kappa shape index (κ3) is 2.43. The van der Waals surface area contributed by atoms with Crippen molar-refractivity contribution in [2.45, 2.75) is 72.6 Å². The van der Waals surface area contributed by atoms with Crippen molar-refractivity contribution in [2.24, 2.45) is 35.0 Å². The van der Waals surface area contributed by atoms with Gasteiger partial charge in [0.15, 0.2) is 5.78 Å². The largest absolute Gasteiger partial charge is 0.300 e. The van der Waals surface area contributed by atoms with Crippen LogP contribution in [0.15, 0.2) is 22.8 Å². The lowest BCUT2D eigenvalue weighted by atomic mass is 9.54. The maximum atomic E-state index is 12.5. The van der Waals surface area contributed by atoms with Gasteiger partial charge in [0, 0.05) is 12.3 Å². The fourth-order valence-electron chi connectivity index (χ4n) is 7.20. The SMILES string of the molecule is CC[C@@H]1C[C@H]2[C@@H]3C[C@H](C)C4=CC(=O)CCC4=C3CC[C@]2(C)[C@H]1C(C)=O. The van der Waals surface area contributed by atoms with E-state index in [0.717, 1.165) is 25.7 Å². The first-order chi connectivity index (χ1) is 11.9. The van der Waals surface area contributed by atoms with Crippen LogP contribution in [0, 0.1) is 35.0 Å². The summed E-state index contributed by atoms with van der Waals surface area (Å²) >= 11 is 0. The summed E-state index contributed by atoms with van der Waals surface area (Å²) in [5.41, 5.74) is 4.73. The zero-order valence-electron chi connectivity index (χ0n) is 16.2. The second-order valence-electron chi connectivity index (χ2n) is 9.42. The van der Waals surface area contributed by atoms with Gasteiger partial charge >= 0.3 is 0 Å². The molecule has 4 aliphatic carbocycles. The van der Waals surface area contributed by atoms with Crippen LogP contribution in [0.1, 0.15) is 72.6 Å². The van der Waals surface area contributed by atoms with Crippen LogP contribution in [-0.4, -0.2) is 11.6 Å². The molecule has 0 unspecified atom stereocenters. The molecule has 0 spiro atoms. The van der Waals surface area contributed by atoms with Gasteiger partial charge in [0.1, 0.15) is 5.78 Å². The van der Waals surface area contributed by atoms with E-state index in [1.54, 1.807) is 5.57 Å². The van der Waals surface area contributed by atoms with Crippen molar-refractivity contribution in [2.75, 3.05) is 0 Å². The summed E-state index contributed by atoms with van der Waals surface area (Å²) in [5.74, 6) is 3.35. The first-order valence-corrected chi connectivity index (χ1v) is 10.3. The minimum Gasteiger partial charge on any atom is -0.300 e. The van der Waals surface area contributed by atoms with Gasteiger partial charge in [0.25, 0.3) is 0 Å². The van der Waals surface area contributed by atoms with Gasteiger partial charge in [0.2, 0.25) is 0 Å². The van der Waals surface area contributed by atoms with Crippen LogP contribution in [0.2, 0.25) is 0 Å². The number of hydrogen-bond donors (Lipinski definition) is 0. The van der Waals surface area contributed by atoms with Gasteiger partial charge in [-0.05, 0) is 85.3 Å². The van der Waals surface area contributed by atoms with Crippen LogP contribution >= 0.6 is 0 Å². The number of fused-ring (bicyclic) bond motifs is 4. The van der Waals surface area contributed by atoms with E-state index in [0.29, 0.717) is 41.7 Å². The fourth-order valence-corrected chi connectivity index (χ4v) is 7.20. The van der Waals surface area contributed by atoms with Crippen molar-refractivity contribution < 1.29 is 9.59 Å². The van der Waals surface area contributed by atoms with Gasteiger partial charge < -0.3 is 0 Å². The van der Waals surface area contributed by atoms with Crippen LogP contribution in [0.5, 0.6) is 0 Å². The Hall–Kier alpha value is -1.18. The van der Waals surface area contributed by atoms with Gasteiger partial charge in [-0.1, -0.05) is 32.8 Å². The molecule has 0 heterocycles. The van der Waals surface area contributed by atoms with Crippen molar-refractivity contribution in [3.8, 4) is 0 Å². The number of Topliss-reactive ketones (excluding diaryl/α,β-unsaturated/α-hetero) is 1.